The summed E-state index contributed by atoms with van der Waals surface area (Å²) in [6.45, 7) is 5.88. The number of likely N-dealkylation sites (N-methyl/N-ethyl adjacent to an activating group) is 1. The molecule has 4 heteroatoms. The van der Waals surface area contributed by atoms with Crippen molar-refractivity contribution >= 4 is 5.91 Å². The van der Waals surface area contributed by atoms with Crippen LogP contribution in [0.25, 0.3) is 0 Å². The van der Waals surface area contributed by atoms with E-state index in [1.54, 1.807) is 0 Å². The van der Waals surface area contributed by atoms with Gasteiger partial charge >= 0.3 is 0 Å². The highest BCUT2D eigenvalue weighted by Gasteiger charge is 2.31. The van der Waals surface area contributed by atoms with E-state index in [1.807, 2.05) is 14.1 Å². The van der Waals surface area contributed by atoms with Crippen molar-refractivity contribution in [1.29, 1.82) is 0 Å². The van der Waals surface area contributed by atoms with Crippen LogP contribution in [0.5, 0.6) is 0 Å². The quantitative estimate of drug-likeness (QED) is 0.765. The molecular weight excluding hydrogens is 238 g/mol. The van der Waals surface area contributed by atoms with Crippen LogP contribution in [0.1, 0.15) is 46.0 Å². The molecule has 112 valence electrons. The summed E-state index contributed by atoms with van der Waals surface area (Å²) in [6, 6.07) is 0.0790. The van der Waals surface area contributed by atoms with Gasteiger partial charge in [-0.2, -0.15) is 0 Å². The van der Waals surface area contributed by atoms with Crippen molar-refractivity contribution in [2.75, 3.05) is 27.2 Å². The molecular formula is C15H31N3O. The van der Waals surface area contributed by atoms with Crippen LogP contribution in [-0.2, 0) is 4.79 Å². The second kappa shape index (κ2) is 7.85. The topological polar surface area (TPSA) is 49.6 Å². The number of hydrogen-bond acceptors (Lipinski definition) is 3. The maximum absolute atomic E-state index is 12.6. The minimum atomic E-state index is -0.340. The minimum Gasteiger partial charge on any atom is -0.337 e. The molecule has 2 N–H and O–H groups in total. The predicted molar refractivity (Wildman–Crippen MR) is 80.0 cm³/mol. The summed E-state index contributed by atoms with van der Waals surface area (Å²) in [5, 5.41) is 0. The van der Waals surface area contributed by atoms with E-state index in [4.69, 9.17) is 5.73 Å². The van der Waals surface area contributed by atoms with Gasteiger partial charge in [0.25, 0.3) is 0 Å². The van der Waals surface area contributed by atoms with Crippen LogP contribution in [0.4, 0.5) is 0 Å². The lowest BCUT2D eigenvalue weighted by molar-refractivity contribution is -0.136. The SMILES string of the molecule is CCC(C)[C@H](N)C(=O)N(CCN(C)C)C1CCCC1. The Morgan fingerprint density at radius 3 is 2.32 bits per heavy atom. The summed E-state index contributed by atoms with van der Waals surface area (Å²) >= 11 is 0. The third-order valence-electron chi connectivity index (χ3n) is 4.38. The molecule has 19 heavy (non-hydrogen) atoms. The van der Waals surface area contributed by atoms with Gasteiger partial charge in [-0.15, -0.1) is 0 Å². The highest BCUT2D eigenvalue weighted by molar-refractivity contribution is 5.82. The van der Waals surface area contributed by atoms with E-state index in [-0.39, 0.29) is 17.9 Å². The summed E-state index contributed by atoms with van der Waals surface area (Å²) in [6.07, 6.45) is 5.74. The Morgan fingerprint density at radius 2 is 1.84 bits per heavy atom. The van der Waals surface area contributed by atoms with Crippen molar-refractivity contribution in [1.82, 2.24) is 9.80 Å². The maximum Gasteiger partial charge on any atom is 0.240 e. The van der Waals surface area contributed by atoms with Crippen LogP contribution in [0.2, 0.25) is 0 Å². The number of carbonyl (C=O) groups excluding carboxylic acids is 1. The molecule has 0 aliphatic heterocycles. The van der Waals surface area contributed by atoms with E-state index in [0.717, 1.165) is 32.4 Å². The van der Waals surface area contributed by atoms with Gasteiger partial charge in [0.15, 0.2) is 0 Å². The van der Waals surface area contributed by atoms with Crippen LogP contribution in [0.15, 0.2) is 0 Å². The van der Waals surface area contributed by atoms with Gasteiger partial charge in [-0.05, 0) is 32.9 Å². The minimum absolute atomic E-state index is 0.156. The highest BCUT2D eigenvalue weighted by atomic mass is 16.2. The average molecular weight is 269 g/mol. The van der Waals surface area contributed by atoms with Crippen molar-refractivity contribution in [2.45, 2.75) is 58.0 Å². The van der Waals surface area contributed by atoms with E-state index in [2.05, 4.69) is 23.6 Å². The molecule has 1 aliphatic rings. The third kappa shape index (κ3) is 4.77. The molecule has 1 saturated carbocycles. The van der Waals surface area contributed by atoms with Crippen molar-refractivity contribution in [3.8, 4) is 0 Å². The normalized spacial score (nSPS) is 19.7. The number of amides is 1. The smallest absolute Gasteiger partial charge is 0.240 e. The molecule has 2 atom stereocenters. The number of hydrogen-bond donors (Lipinski definition) is 1. The molecule has 0 spiro atoms. The van der Waals surface area contributed by atoms with Crippen molar-refractivity contribution < 1.29 is 4.79 Å². The molecule has 1 rings (SSSR count). The van der Waals surface area contributed by atoms with Crippen LogP contribution in [-0.4, -0.2) is 55.0 Å². The standard InChI is InChI=1S/C15H31N3O/c1-5-12(2)14(16)15(19)18(11-10-17(3)4)13-8-6-7-9-13/h12-14H,5-11,16H2,1-4H3/t12?,14-/m0/s1. The molecule has 0 aromatic rings. The molecule has 1 amide bonds. The fourth-order valence-electron chi connectivity index (χ4n) is 2.69. The summed E-state index contributed by atoms with van der Waals surface area (Å²) < 4.78 is 0. The van der Waals surface area contributed by atoms with Gasteiger partial charge in [0.2, 0.25) is 5.91 Å². The first-order chi connectivity index (χ1) is 8.97. The Bertz CT molecular complexity index is 275. The van der Waals surface area contributed by atoms with Crippen LogP contribution >= 0.6 is 0 Å². The second-order valence-electron chi connectivity index (χ2n) is 6.18. The van der Waals surface area contributed by atoms with Gasteiger partial charge in [-0.3, -0.25) is 4.79 Å². The molecule has 0 heterocycles. The Hall–Kier alpha value is -0.610. The molecule has 0 bridgehead atoms. The lowest BCUT2D eigenvalue weighted by Crippen LogP contribution is -2.52. The first-order valence-corrected chi connectivity index (χ1v) is 7.68. The van der Waals surface area contributed by atoms with Gasteiger partial charge in [0, 0.05) is 19.1 Å². The third-order valence-corrected chi connectivity index (χ3v) is 4.38. The Morgan fingerprint density at radius 1 is 1.26 bits per heavy atom. The van der Waals surface area contributed by atoms with Gasteiger partial charge in [0.05, 0.1) is 6.04 Å². The zero-order valence-electron chi connectivity index (χ0n) is 13.1. The maximum atomic E-state index is 12.6. The van der Waals surface area contributed by atoms with Crippen molar-refractivity contribution in [2.24, 2.45) is 11.7 Å². The van der Waals surface area contributed by atoms with E-state index in [1.165, 1.54) is 12.8 Å². The summed E-state index contributed by atoms with van der Waals surface area (Å²) in [5.41, 5.74) is 6.14. The Labute approximate surface area is 118 Å². The summed E-state index contributed by atoms with van der Waals surface area (Å²) in [4.78, 5) is 16.8. The van der Waals surface area contributed by atoms with E-state index >= 15 is 0 Å². The molecule has 0 radical (unpaired) electrons. The van der Waals surface area contributed by atoms with Crippen LogP contribution in [0.3, 0.4) is 0 Å². The molecule has 1 aliphatic carbocycles. The Balaban J connectivity index is 2.68. The lowest BCUT2D eigenvalue weighted by Gasteiger charge is -2.33. The van der Waals surface area contributed by atoms with E-state index < -0.39 is 0 Å². The predicted octanol–water partition coefficient (Wildman–Crippen LogP) is 1.69. The van der Waals surface area contributed by atoms with Gasteiger partial charge in [0.1, 0.15) is 0 Å². The zero-order valence-corrected chi connectivity index (χ0v) is 13.1. The van der Waals surface area contributed by atoms with Gasteiger partial charge in [-0.1, -0.05) is 33.1 Å². The first kappa shape index (κ1) is 16.4. The lowest BCUT2D eigenvalue weighted by atomic mass is 9.98. The summed E-state index contributed by atoms with van der Waals surface area (Å²) in [7, 11) is 4.10. The molecule has 0 saturated heterocycles. The first-order valence-electron chi connectivity index (χ1n) is 7.68. The second-order valence-corrected chi connectivity index (χ2v) is 6.18. The highest BCUT2D eigenvalue weighted by Crippen LogP contribution is 2.24. The largest absolute Gasteiger partial charge is 0.337 e. The number of nitrogens with two attached hydrogens (primary N) is 1. The average Bonchev–Trinajstić information content (AvgIpc) is 2.90. The Kier molecular flexibility index (Phi) is 6.80. The molecule has 1 fully saturated rings. The molecule has 0 aromatic carbocycles. The van der Waals surface area contributed by atoms with Gasteiger partial charge in [-0.25, -0.2) is 0 Å². The monoisotopic (exact) mass is 269 g/mol. The van der Waals surface area contributed by atoms with Crippen LogP contribution < -0.4 is 5.73 Å². The number of carbonyl (C=O) groups is 1. The molecule has 4 nitrogen and oxygen atoms in total. The number of nitrogens with zero attached hydrogens (tertiary/aromatic N) is 2. The fourth-order valence-corrected chi connectivity index (χ4v) is 2.69. The molecule has 1 unspecified atom stereocenters. The van der Waals surface area contributed by atoms with Gasteiger partial charge < -0.3 is 15.5 Å². The van der Waals surface area contributed by atoms with Crippen molar-refractivity contribution in [3.63, 3.8) is 0 Å². The fraction of sp³-hybridized carbons (Fsp3) is 0.933. The molecule has 0 aromatic heterocycles. The van der Waals surface area contributed by atoms with Crippen molar-refractivity contribution in [3.05, 3.63) is 0 Å². The van der Waals surface area contributed by atoms with E-state index in [0.29, 0.717) is 6.04 Å². The van der Waals surface area contributed by atoms with E-state index in [9.17, 15) is 4.79 Å². The zero-order chi connectivity index (χ0) is 14.4. The summed E-state index contributed by atoms with van der Waals surface area (Å²) in [5.74, 6) is 0.416. The van der Waals surface area contributed by atoms with Crippen LogP contribution in [0, 0.1) is 5.92 Å². The number of rotatable bonds is 7.